The summed E-state index contributed by atoms with van der Waals surface area (Å²) in [7, 11) is 0. The molecule has 6 heteroatoms. The normalized spacial score (nSPS) is 11.6. The van der Waals surface area contributed by atoms with Crippen molar-refractivity contribution in [3.05, 3.63) is 187 Å². The Morgan fingerprint density at radius 1 is 0.533 bits per heavy atom. The number of para-hydroxylation sites is 2. The summed E-state index contributed by atoms with van der Waals surface area (Å²) in [5.74, 6) is 0.779. The summed E-state index contributed by atoms with van der Waals surface area (Å²) in [6.07, 6.45) is 7.64. The Morgan fingerprint density at radius 2 is 1.16 bits per heavy atom. The van der Waals surface area contributed by atoms with E-state index in [4.69, 9.17) is 15.1 Å². The third-order valence-corrected chi connectivity index (χ3v) is 8.30. The second kappa shape index (κ2) is 11.2. The van der Waals surface area contributed by atoms with Crippen molar-refractivity contribution >= 4 is 11.0 Å². The topological polar surface area (TPSA) is 61.4 Å². The third kappa shape index (κ3) is 4.51. The lowest BCUT2D eigenvalue weighted by Gasteiger charge is -2.36. The van der Waals surface area contributed by atoms with E-state index in [-0.39, 0.29) is 0 Å². The molecule has 0 saturated carbocycles. The van der Waals surface area contributed by atoms with Crippen molar-refractivity contribution in [3.8, 4) is 28.3 Å². The number of fused-ring (bicyclic) bond motifs is 1. The predicted octanol–water partition coefficient (Wildman–Crippen LogP) is 8.19. The molecular weight excluding hydrogens is 552 g/mol. The standard InChI is InChI=1S/C39H28N6/c1-4-14-30(15-5-1)39(31-16-6-2-7-17-31,32-18-8-3-9-19-32)45-27-33(38(43-45)35-21-12-13-24-40-35)29-23-25-41-37(26-29)44-28-42-34-20-10-11-22-36(34)44/h1-28H. The van der Waals surface area contributed by atoms with E-state index < -0.39 is 5.54 Å². The Kier molecular flexibility index (Phi) is 6.57. The molecule has 0 unspecified atom stereocenters. The van der Waals surface area contributed by atoms with Gasteiger partial charge in [0.05, 0.1) is 16.7 Å². The lowest BCUT2D eigenvalue weighted by molar-refractivity contribution is 0.461. The van der Waals surface area contributed by atoms with Crippen LogP contribution in [0.2, 0.25) is 0 Å². The van der Waals surface area contributed by atoms with Gasteiger partial charge < -0.3 is 0 Å². The largest absolute Gasteiger partial charge is 0.283 e. The van der Waals surface area contributed by atoms with Gasteiger partial charge in [0.2, 0.25) is 0 Å². The van der Waals surface area contributed by atoms with Gasteiger partial charge in [-0.25, -0.2) is 9.97 Å². The average Bonchev–Trinajstić information content (AvgIpc) is 3.77. The van der Waals surface area contributed by atoms with Gasteiger partial charge in [-0.3, -0.25) is 14.2 Å². The minimum atomic E-state index is -0.762. The Hall–Kier alpha value is -6.14. The molecule has 0 N–H and O–H groups in total. The maximum Gasteiger partial charge on any atom is 0.138 e. The number of pyridine rings is 2. The molecule has 0 fully saturated rings. The highest BCUT2D eigenvalue weighted by Crippen LogP contribution is 2.43. The molecule has 45 heavy (non-hydrogen) atoms. The lowest BCUT2D eigenvalue weighted by Crippen LogP contribution is -2.38. The molecular formula is C39H28N6. The van der Waals surface area contributed by atoms with Crippen LogP contribution in [-0.2, 0) is 5.54 Å². The number of imidazole rings is 1. The van der Waals surface area contributed by atoms with Crippen LogP contribution in [0.4, 0.5) is 0 Å². The highest BCUT2D eigenvalue weighted by molar-refractivity contribution is 5.81. The van der Waals surface area contributed by atoms with Crippen LogP contribution in [0, 0.1) is 0 Å². The fourth-order valence-electron chi connectivity index (χ4n) is 6.24. The van der Waals surface area contributed by atoms with Crippen molar-refractivity contribution in [2.45, 2.75) is 5.54 Å². The highest BCUT2D eigenvalue weighted by Gasteiger charge is 2.40. The van der Waals surface area contributed by atoms with E-state index in [1.807, 2.05) is 65.8 Å². The van der Waals surface area contributed by atoms with Gasteiger partial charge in [0.1, 0.15) is 23.4 Å². The van der Waals surface area contributed by atoms with Crippen molar-refractivity contribution in [1.82, 2.24) is 29.3 Å². The van der Waals surface area contributed by atoms with Crippen molar-refractivity contribution in [3.63, 3.8) is 0 Å². The van der Waals surface area contributed by atoms with Crippen LogP contribution in [0.25, 0.3) is 39.4 Å². The molecule has 4 aromatic carbocycles. The Morgan fingerprint density at radius 3 is 1.80 bits per heavy atom. The summed E-state index contributed by atoms with van der Waals surface area (Å²) >= 11 is 0. The number of rotatable bonds is 7. The maximum atomic E-state index is 5.42. The van der Waals surface area contributed by atoms with Crippen LogP contribution < -0.4 is 0 Å². The summed E-state index contributed by atoms with van der Waals surface area (Å²) in [6.45, 7) is 0. The van der Waals surface area contributed by atoms with E-state index >= 15 is 0 Å². The van der Waals surface area contributed by atoms with Gasteiger partial charge in [-0.2, -0.15) is 5.10 Å². The molecule has 6 nitrogen and oxygen atoms in total. The summed E-state index contributed by atoms with van der Waals surface area (Å²) in [5.41, 5.74) is 7.97. The summed E-state index contributed by atoms with van der Waals surface area (Å²) in [4.78, 5) is 14.1. The quantitative estimate of drug-likeness (QED) is 0.178. The lowest BCUT2D eigenvalue weighted by atomic mass is 9.77. The van der Waals surface area contributed by atoms with Crippen LogP contribution in [0.3, 0.4) is 0 Å². The van der Waals surface area contributed by atoms with Gasteiger partial charge in [0.25, 0.3) is 0 Å². The highest BCUT2D eigenvalue weighted by atomic mass is 15.3. The molecule has 0 atom stereocenters. The number of hydrogen-bond acceptors (Lipinski definition) is 4. The van der Waals surface area contributed by atoms with Crippen LogP contribution in [0.1, 0.15) is 16.7 Å². The Labute approximate surface area is 261 Å². The van der Waals surface area contributed by atoms with Gasteiger partial charge in [0, 0.05) is 24.2 Å². The molecule has 0 amide bonds. The van der Waals surface area contributed by atoms with Crippen LogP contribution in [0.5, 0.6) is 0 Å². The number of benzene rings is 4. The van der Waals surface area contributed by atoms with E-state index in [0.717, 1.165) is 56.1 Å². The third-order valence-electron chi connectivity index (χ3n) is 8.30. The molecule has 0 spiro atoms. The fourth-order valence-corrected chi connectivity index (χ4v) is 6.24. The molecule has 4 aromatic heterocycles. The van der Waals surface area contributed by atoms with Crippen molar-refractivity contribution < 1.29 is 0 Å². The Bertz CT molecular complexity index is 2110. The Balaban J connectivity index is 1.41. The van der Waals surface area contributed by atoms with Gasteiger partial charge in [-0.15, -0.1) is 0 Å². The number of nitrogens with zero attached hydrogens (tertiary/aromatic N) is 6. The fraction of sp³-hybridized carbons (Fsp3) is 0.0256. The molecule has 0 aliphatic heterocycles. The number of aromatic nitrogens is 6. The second-order valence-electron chi connectivity index (χ2n) is 10.9. The molecule has 8 aromatic rings. The monoisotopic (exact) mass is 580 g/mol. The first-order valence-corrected chi connectivity index (χ1v) is 14.9. The SMILES string of the molecule is c1ccc(C(c2ccccc2)(c2ccccc2)n2cc(-c3ccnc(-n4cnc5ccccc54)c3)c(-c3ccccn3)n2)cc1. The molecule has 0 aliphatic carbocycles. The van der Waals surface area contributed by atoms with Gasteiger partial charge >= 0.3 is 0 Å². The first kappa shape index (κ1) is 26.5. The molecule has 0 radical (unpaired) electrons. The second-order valence-corrected chi connectivity index (χ2v) is 10.9. The summed E-state index contributed by atoms with van der Waals surface area (Å²) in [5, 5.41) is 5.42. The molecule has 0 aliphatic rings. The maximum absolute atomic E-state index is 5.42. The van der Waals surface area contributed by atoms with Gasteiger partial charge in [0.15, 0.2) is 0 Å². The molecule has 8 rings (SSSR count). The van der Waals surface area contributed by atoms with Crippen LogP contribution in [-0.4, -0.2) is 29.3 Å². The zero-order valence-corrected chi connectivity index (χ0v) is 24.3. The van der Waals surface area contributed by atoms with E-state index in [1.54, 1.807) is 0 Å². The van der Waals surface area contributed by atoms with E-state index in [0.29, 0.717) is 0 Å². The zero-order valence-electron chi connectivity index (χ0n) is 24.3. The van der Waals surface area contributed by atoms with Crippen LogP contribution >= 0.6 is 0 Å². The van der Waals surface area contributed by atoms with E-state index in [1.165, 1.54) is 0 Å². The first-order chi connectivity index (χ1) is 22.3. The first-order valence-electron chi connectivity index (χ1n) is 14.9. The zero-order chi connectivity index (χ0) is 30.1. The smallest absolute Gasteiger partial charge is 0.138 e. The van der Waals surface area contributed by atoms with Gasteiger partial charge in [-0.05, 0) is 58.7 Å². The van der Waals surface area contributed by atoms with E-state index in [2.05, 4.69) is 119 Å². The van der Waals surface area contributed by atoms with E-state index in [9.17, 15) is 0 Å². The molecule has 0 bridgehead atoms. The molecule has 214 valence electrons. The van der Waals surface area contributed by atoms with Gasteiger partial charge in [-0.1, -0.05) is 109 Å². The molecule has 4 heterocycles. The minimum absolute atomic E-state index is 0.762. The minimum Gasteiger partial charge on any atom is -0.283 e. The van der Waals surface area contributed by atoms with Crippen molar-refractivity contribution in [1.29, 1.82) is 0 Å². The van der Waals surface area contributed by atoms with Crippen LogP contribution in [0.15, 0.2) is 171 Å². The number of hydrogen-bond donors (Lipinski definition) is 0. The van der Waals surface area contributed by atoms with Crippen molar-refractivity contribution in [2.24, 2.45) is 0 Å². The average molecular weight is 581 g/mol. The predicted molar refractivity (Wildman–Crippen MR) is 178 cm³/mol. The van der Waals surface area contributed by atoms with Crippen molar-refractivity contribution in [2.75, 3.05) is 0 Å². The summed E-state index contributed by atoms with van der Waals surface area (Å²) < 4.78 is 4.13. The summed E-state index contributed by atoms with van der Waals surface area (Å²) in [6, 6.07) is 49.9. The molecule has 0 saturated heterocycles.